The van der Waals surface area contributed by atoms with Crippen molar-refractivity contribution < 1.29 is 9.53 Å². The van der Waals surface area contributed by atoms with Gasteiger partial charge in [-0.15, -0.1) is 5.10 Å². The van der Waals surface area contributed by atoms with Crippen LogP contribution in [0.5, 0.6) is 0 Å². The number of amides is 1. The van der Waals surface area contributed by atoms with Gasteiger partial charge in [-0.3, -0.25) is 4.79 Å². The number of ether oxygens (including phenoxy) is 1. The molecule has 0 saturated carbocycles. The predicted molar refractivity (Wildman–Crippen MR) is 120 cm³/mol. The second kappa shape index (κ2) is 11.1. The average molecular weight is 438 g/mol. The van der Waals surface area contributed by atoms with Crippen LogP contribution in [0.4, 0.5) is 0 Å². The lowest BCUT2D eigenvalue weighted by Gasteiger charge is -2.23. The number of aromatic nitrogens is 4. The van der Waals surface area contributed by atoms with Gasteiger partial charge in [0.05, 0.1) is 18.4 Å². The highest BCUT2D eigenvalue weighted by atomic mass is 32.2. The Balaban J connectivity index is 1.37. The third-order valence-corrected chi connectivity index (χ3v) is 6.25. The van der Waals surface area contributed by atoms with Crippen molar-refractivity contribution in [3.63, 3.8) is 0 Å². The fraction of sp³-hybridized carbons (Fsp3) is 0.391. The number of carbonyl (C=O) groups is 1. The molecular formula is C23H27N5O2S. The molecule has 0 spiro atoms. The molecule has 31 heavy (non-hydrogen) atoms. The lowest BCUT2D eigenvalue weighted by Crippen LogP contribution is -2.34. The topological polar surface area (TPSA) is 73.1 Å². The first-order chi connectivity index (χ1) is 15.3. The molecule has 0 bridgehead atoms. The molecule has 1 aliphatic rings. The standard InChI is InChI=1S/C23H27N5O2S/c29-22(18-31-23-24-25-26-28(23)17-21-12-7-15-30-21)27(16-20-10-5-2-6-11-20)14-13-19-8-3-1-4-9-19/h1-6,8-11,21H,7,12-18H2/t21-/m1/s1. The third-order valence-electron chi connectivity index (χ3n) is 5.31. The minimum Gasteiger partial charge on any atom is -0.376 e. The van der Waals surface area contributed by atoms with Crippen LogP contribution in [0.15, 0.2) is 65.8 Å². The number of hydrogen-bond donors (Lipinski definition) is 0. The van der Waals surface area contributed by atoms with Crippen LogP contribution < -0.4 is 0 Å². The maximum Gasteiger partial charge on any atom is 0.233 e. The molecule has 1 saturated heterocycles. The van der Waals surface area contributed by atoms with Crippen molar-refractivity contribution in [3.05, 3.63) is 71.8 Å². The summed E-state index contributed by atoms with van der Waals surface area (Å²) in [6, 6.07) is 20.4. The molecule has 0 radical (unpaired) electrons. The first kappa shape index (κ1) is 21.5. The van der Waals surface area contributed by atoms with E-state index in [0.29, 0.717) is 30.5 Å². The fourth-order valence-electron chi connectivity index (χ4n) is 3.62. The highest BCUT2D eigenvalue weighted by molar-refractivity contribution is 7.99. The maximum atomic E-state index is 13.1. The number of nitrogens with zero attached hydrogens (tertiary/aromatic N) is 5. The van der Waals surface area contributed by atoms with Crippen molar-refractivity contribution in [2.45, 2.75) is 43.6 Å². The van der Waals surface area contributed by atoms with Crippen molar-refractivity contribution in [1.29, 1.82) is 0 Å². The van der Waals surface area contributed by atoms with Gasteiger partial charge in [-0.1, -0.05) is 72.4 Å². The molecule has 1 fully saturated rings. The van der Waals surface area contributed by atoms with E-state index < -0.39 is 0 Å². The van der Waals surface area contributed by atoms with Gasteiger partial charge in [0.2, 0.25) is 11.1 Å². The summed E-state index contributed by atoms with van der Waals surface area (Å²) < 4.78 is 7.43. The Morgan fingerprint density at radius 1 is 1.10 bits per heavy atom. The van der Waals surface area contributed by atoms with Crippen LogP contribution in [0.2, 0.25) is 0 Å². The van der Waals surface area contributed by atoms with Crippen LogP contribution in [0.25, 0.3) is 0 Å². The molecule has 162 valence electrons. The van der Waals surface area contributed by atoms with Gasteiger partial charge in [-0.25, -0.2) is 4.68 Å². The molecule has 1 atom stereocenters. The Morgan fingerprint density at radius 3 is 2.55 bits per heavy atom. The zero-order valence-corrected chi connectivity index (χ0v) is 18.3. The van der Waals surface area contributed by atoms with Gasteiger partial charge in [0.1, 0.15) is 0 Å². The van der Waals surface area contributed by atoms with Crippen molar-refractivity contribution in [2.24, 2.45) is 0 Å². The molecule has 0 N–H and O–H groups in total. The van der Waals surface area contributed by atoms with Gasteiger partial charge in [-0.2, -0.15) is 0 Å². The Hall–Kier alpha value is -2.71. The van der Waals surface area contributed by atoms with E-state index in [1.807, 2.05) is 41.3 Å². The lowest BCUT2D eigenvalue weighted by atomic mass is 10.1. The molecule has 2 heterocycles. The SMILES string of the molecule is O=C(CSc1nnnn1C[C@H]1CCCO1)N(CCc1ccccc1)Cc1ccccc1. The number of rotatable bonds is 10. The normalized spacial score (nSPS) is 15.8. The van der Waals surface area contributed by atoms with Gasteiger partial charge >= 0.3 is 0 Å². The highest BCUT2D eigenvalue weighted by Crippen LogP contribution is 2.19. The smallest absolute Gasteiger partial charge is 0.233 e. The predicted octanol–water partition coefficient (Wildman–Crippen LogP) is 3.22. The van der Waals surface area contributed by atoms with Gasteiger partial charge in [0.15, 0.2) is 0 Å². The van der Waals surface area contributed by atoms with E-state index in [-0.39, 0.29) is 12.0 Å². The van der Waals surface area contributed by atoms with Crippen LogP contribution in [-0.4, -0.2) is 56.0 Å². The van der Waals surface area contributed by atoms with Crippen LogP contribution in [0, 0.1) is 0 Å². The summed E-state index contributed by atoms with van der Waals surface area (Å²) in [4.78, 5) is 15.0. The zero-order valence-electron chi connectivity index (χ0n) is 17.5. The minimum atomic E-state index is 0.0800. The van der Waals surface area contributed by atoms with Crippen molar-refractivity contribution in [2.75, 3.05) is 18.9 Å². The van der Waals surface area contributed by atoms with Crippen LogP contribution in [-0.2, 0) is 29.0 Å². The molecule has 7 nitrogen and oxygen atoms in total. The summed E-state index contributed by atoms with van der Waals surface area (Å²) in [7, 11) is 0. The van der Waals surface area contributed by atoms with E-state index >= 15 is 0 Å². The van der Waals surface area contributed by atoms with Crippen molar-refractivity contribution >= 4 is 17.7 Å². The van der Waals surface area contributed by atoms with E-state index in [1.165, 1.54) is 17.3 Å². The molecule has 1 aliphatic heterocycles. The lowest BCUT2D eigenvalue weighted by molar-refractivity contribution is -0.128. The third kappa shape index (κ3) is 6.38. The van der Waals surface area contributed by atoms with Crippen LogP contribution in [0.3, 0.4) is 0 Å². The Kier molecular flexibility index (Phi) is 7.68. The van der Waals surface area contributed by atoms with E-state index in [2.05, 4.69) is 39.8 Å². The fourth-order valence-corrected chi connectivity index (χ4v) is 4.41. The summed E-state index contributed by atoms with van der Waals surface area (Å²) in [5.41, 5.74) is 2.35. The quantitative estimate of drug-likeness (QED) is 0.454. The summed E-state index contributed by atoms with van der Waals surface area (Å²) >= 11 is 1.39. The number of tetrazole rings is 1. The summed E-state index contributed by atoms with van der Waals surface area (Å²) in [5, 5.41) is 12.6. The van der Waals surface area contributed by atoms with Gasteiger partial charge in [-0.05, 0) is 40.8 Å². The monoisotopic (exact) mass is 437 g/mol. The molecule has 0 aliphatic carbocycles. The molecule has 1 aromatic heterocycles. The Morgan fingerprint density at radius 2 is 1.84 bits per heavy atom. The van der Waals surface area contributed by atoms with E-state index in [1.54, 1.807) is 4.68 Å². The second-order valence-corrected chi connectivity index (χ2v) is 8.55. The Labute approximate surface area is 186 Å². The Bertz CT molecular complexity index is 945. The summed E-state index contributed by atoms with van der Waals surface area (Å²) in [6.45, 7) is 2.68. The molecule has 4 rings (SSSR count). The van der Waals surface area contributed by atoms with Crippen molar-refractivity contribution in [3.8, 4) is 0 Å². The molecule has 8 heteroatoms. The van der Waals surface area contributed by atoms with Crippen LogP contribution >= 0.6 is 11.8 Å². The summed E-state index contributed by atoms with van der Waals surface area (Å²) in [5.74, 6) is 0.379. The van der Waals surface area contributed by atoms with Gasteiger partial charge in [0, 0.05) is 19.7 Å². The van der Waals surface area contributed by atoms with Crippen molar-refractivity contribution in [1.82, 2.24) is 25.1 Å². The molecule has 0 unspecified atom stereocenters. The zero-order chi connectivity index (χ0) is 21.3. The van der Waals surface area contributed by atoms with E-state index in [4.69, 9.17) is 4.74 Å². The molecule has 2 aromatic carbocycles. The number of hydrogen-bond acceptors (Lipinski definition) is 6. The average Bonchev–Trinajstić information content (AvgIpc) is 3.49. The molecule has 3 aromatic rings. The molecular weight excluding hydrogens is 410 g/mol. The van der Waals surface area contributed by atoms with E-state index in [0.717, 1.165) is 31.4 Å². The van der Waals surface area contributed by atoms with E-state index in [9.17, 15) is 4.79 Å². The summed E-state index contributed by atoms with van der Waals surface area (Å²) in [6.07, 6.45) is 3.07. The maximum absolute atomic E-state index is 13.1. The number of benzene rings is 2. The first-order valence-corrected chi connectivity index (χ1v) is 11.6. The van der Waals surface area contributed by atoms with Gasteiger partial charge < -0.3 is 9.64 Å². The van der Waals surface area contributed by atoms with Gasteiger partial charge in [0.25, 0.3) is 0 Å². The second-order valence-electron chi connectivity index (χ2n) is 7.60. The molecule has 1 amide bonds. The number of thioether (sulfide) groups is 1. The first-order valence-electron chi connectivity index (χ1n) is 10.6. The highest BCUT2D eigenvalue weighted by Gasteiger charge is 2.20. The van der Waals surface area contributed by atoms with Crippen LogP contribution in [0.1, 0.15) is 24.0 Å². The minimum absolute atomic E-state index is 0.0800. The number of carbonyl (C=O) groups excluding carboxylic acids is 1. The largest absolute Gasteiger partial charge is 0.376 e.